The van der Waals surface area contributed by atoms with Gasteiger partial charge >= 0.3 is 0 Å². The van der Waals surface area contributed by atoms with Crippen molar-refractivity contribution >= 4 is 40.0 Å². The van der Waals surface area contributed by atoms with E-state index < -0.39 is 15.6 Å². The largest absolute Gasteiger partial charge is 0.381 e. The minimum atomic E-state index is -3.25. The Bertz CT molecular complexity index is 545. The van der Waals surface area contributed by atoms with Crippen molar-refractivity contribution in [3.05, 3.63) is 0 Å². The molecule has 0 bridgehead atoms. The molecule has 9 heteroatoms. The highest BCUT2D eigenvalue weighted by Crippen LogP contribution is 2.38. The normalized spacial score (nSPS) is 25.2. The number of hydrogen-bond acceptors (Lipinski definition) is 4. The average molecular weight is 474 g/mol. The van der Waals surface area contributed by atoms with E-state index in [4.69, 9.17) is 4.74 Å². The average Bonchev–Trinajstić information content (AvgIpc) is 3.03. The van der Waals surface area contributed by atoms with Gasteiger partial charge in [0.15, 0.2) is 5.96 Å². The number of aliphatic imine (C=N–C) groups is 1. The lowest BCUT2D eigenvalue weighted by molar-refractivity contribution is 0.156. The fraction of sp³-hybridized carbons (Fsp3) is 0.933. The number of likely N-dealkylation sites (tertiary alicyclic amines) is 1. The molecule has 2 aliphatic heterocycles. The number of nitrogens with one attached hydrogen (secondary N) is 2. The summed E-state index contributed by atoms with van der Waals surface area (Å²) in [6, 6.07) is 0. The molecular formula is C15H31IN4O3S. The molecule has 2 saturated heterocycles. The topological polar surface area (TPSA) is 83.0 Å². The van der Waals surface area contributed by atoms with Gasteiger partial charge in [-0.2, -0.15) is 0 Å². The highest BCUT2D eigenvalue weighted by atomic mass is 127. The van der Waals surface area contributed by atoms with Crippen molar-refractivity contribution in [2.75, 3.05) is 45.6 Å². The van der Waals surface area contributed by atoms with Gasteiger partial charge in [0.25, 0.3) is 0 Å². The summed E-state index contributed by atoms with van der Waals surface area (Å²) in [7, 11) is -3.25. The standard InChI is InChI=1S/C15H30N4O3S.HI/c1-5-16-13(17-10-14(2,3)18-23(4,20)21)19-8-6-15(11-19)7-9-22-12-15;/h18H,5-12H2,1-4H3,(H,16,17);1H. The smallest absolute Gasteiger partial charge is 0.209 e. The molecule has 0 saturated carbocycles. The van der Waals surface area contributed by atoms with E-state index in [1.54, 1.807) is 0 Å². The summed E-state index contributed by atoms with van der Waals surface area (Å²) in [5, 5.41) is 3.32. The third-order valence-corrected chi connectivity index (χ3v) is 5.27. The molecule has 2 N–H and O–H groups in total. The Labute approximate surface area is 163 Å². The predicted octanol–water partition coefficient (Wildman–Crippen LogP) is 1.01. The van der Waals surface area contributed by atoms with Gasteiger partial charge in [-0.1, -0.05) is 0 Å². The van der Waals surface area contributed by atoms with Crippen molar-refractivity contribution in [2.24, 2.45) is 10.4 Å². The van der Waals surface area contributed by atoms with Gasteiger partial charge in [-0.25, -0.2) is 13.1 Å². The van der Waals surface area contributed by atoms with Crippen molar-refractivity contribution in [2.45, 2.75) is 39.2 Å². The molecule has 7 nitrogen and oxygen atoms in total. The van der Waals surface area contributed by atoms with E-state index in [2.05, 4.69) is 19.9 Å². The third kappa shape index (κ3) is 6.30. The first-order chi connectivity index (χ1) is 10.6. The van der Waals surface area contributed by atoms with Crippen LogP contribution >= 0.6 is 24.0 Å². The molecule has 1 atom stereocenters. The summed E-state index contributed by atoms with van der Waals surface area (Å²) < 4.78 is 31.1. The molecule has 0 radical (unpaired) electrons. The van der Waals surface area contributed by atoms with Gasteiger partial charge in [-0.3, -0.25) is 4.99 Å². The lowest BCUT2D eigenvalue weighted by Crippen LogP contribution is -2.47. The van der Waals surface area contributed by atoms with Crippen molar-refractivity contribution in [3.63, 3.8) is 0 Å². The molecular weight excluding hydrogens is 443 g/mol. The molecule has 24 heavy (non-hydrogen) atoms. The van der Waals surface area contributed by atoms with E-state index in [1.807, 2.05) is 20.8 Å². The number of rotatable bonds is 5. The molecule has 2 rings (SSSR count). The molecule has 0 aliphatic carbocycles. The Morgan fingerprint density at radius 3 is 2.62 bits per heavy atom. The van der Waals surface area contributed by atoms with Crippen molar-refractivity contribution in [3.8, 4) is 0 Å². The van der Waals surface area contributed by atoms with Gasteiger partial charge in [0.05, 0.1) is 19.4 Å². The van der Waals surface area contributed by atoms with Crippen LogP contribution < -0.4 is 10.0 Å². The number of hydrogen-bond donors (Lipinski definition) is 2. The molecule has 2 fully saturated rings. The molecule has 0 amide bonds. The first-order valence-corrected chi connectivity index (χ1v) is 10.1. The minimum absolute atomic E-state index is 0. The van der Waals surface area contributed by atoms with Crippen molar-refractivity contribution in [1.82, 2.24) is 14.9 Å². The van der Waals surface area contributed by atoms with Crippen LogP contribution in [0.25, 0.3) is 0 Å². The van der Waals surface area contributed by atoms with Gasteiger partial charge in [0.2, 0.25) is 10.0 Å². The maximum absolute atomic E-state index is 11.4. The van der Waals surface area contributed by atoms with Gasteiger partial charge in [0.1, 0.15) is 0 Å². The van der Waals surface area contributed by atoms with Crippen LogP contribution in [0.1, 0.15) is 33.6 Å². The third-order valence-electron chi connectivity index (χ3n) is 4.34. The highest BCUT2D eigenvalue weighted by molar-refractivity contribution is 14.0. The first-order valence-electron chi connectivity index (χ1n) is 8.25. The van der Waals surface area contributed by atoms with E-state index in [-0.39, 0.29) is 29.4 Å². The van der Waals surface area contributed by atoms with E-state index >= 15 is 0 Å². The van der Waals surface area contributed by atoms with Crippen LogP contribution in [0.3, 0.4) is 0 Å². The zero-order valence-corrected chi connectivity index (χ0v) is 18.2. The molecule has 1 spiro atoms. The second-order valence-electron chi connectivity index (χ2n) is 7.40. The van der Waals surface area contributed by atoms with E-state index in [0.29, 0.717) is 6.54 Å². The fourth-order valence-electron chi connectivity index (χ4n) is 3.32. The van der Waals surface area contributed by atoms with Crippen LogP contribution in [-0.4, -0.2) is 70.5 Å². The number of guanidine groups is 1. The molecule has 142 valence electrons. The molecule has 0 aromatic heterocycles. The zero-order valence-electron chi connectivity index (χ0n) is 15.1. The summed E-state index contributed by atoms with van der Waals surface area (Å²) >= 11 is 0. The number of halogens is 1. The minimum Gasteiger partial charge on any atom is -0.381 e. The lowest BCUT2D eigenvalue weighted by atomic mass is 9.87. The van der Waals surface area contributed by atoms with E-state index in [9.17, 15) is 8.42 Å². The molecule has 0 aromatic carbocycles. The van der Waals surface area contributed by atoms with Crippen LogP contribution in [-0.2, 0) is 14.8 Å². The van der Waals surface area contributed by atoms with Crippen molar-refractivity contribution < 1.29 is 13.2 Å². The summed E-state index contributed by atoms with van der Waals surface area (Å²) in [6.45, 7) is 10.5. The van der Waals surface area contributed by atoms with Crippen LogP contribution in [0.4, 0.5) is 0 Å². The van der Waals surface area contributed by atoms with Crippen LogP contribution in [0, 0.1) is 5.41 Å². The zero-order chi connectivity index (χ0) is 17.1. The number of sulfonamides is 1. The summed E-state index contributed by atoms with van der Waals surface area (Å²) in [4.78, 5) is 6.94. The van der Waals surface area contributed by atoms with Crippen LogP contribution in [0.5, 0.6) is 0 Å². The predicted molar refractivity (Wildman–Crippen MR) is 108 cm³/mol. The van der Waals surface area contributed by atoms with Gasteiger partial charge in [-0.15, -0.1) is 24.0 Å². The Morgan fingerprint density at radius 1 is 1.38 bits per heavy atom. The van der Waals surface area contributed by atoms with E-state index in [0.717, 1.165) is 51.6 Å². The Kier molecular flexibility index (Phi) is 7.76. The number of nitrogens with zero attached hydrogens (tertiary/aromatic N) is 2. The Balaban J connectivity index is 0.00000288. The van der Waals surface area contributed by atoms with Gasteiger partial charge < -0.3 is 15.0 Å². The molecule has 0 aromatic rings. The summed E-state index contributed by atoms with van der Waals surface area (Å²) in [6.07, 6.45) is 3.42. The van der Waals surface area contributed by atoms with Crippen molar-refractivity contribution in [1.29, 1.82) is 0 Å². The van der Waals surface area contributed by atoms with Gasteiger partial charge in [-0.05, 0) is 33.6 Å². The highest BCUT2D eigenvalue weighted by Gasteiger charge is 2.42. The maximum Gasteiger partial charge on any atom is 0.209 e. The summed E-state index contributed by atoms with van der Waals surface area (Å²) in [5.74, 6) is 0.861. The van der Waals surface area contributed by atoms with E-state index in [1.165, 1.54) is 6.26 Å². The number of ether oxygens (including phenoxy) is 1. The maximum atomic E-state index is 11.4. The fourth-order valence-corrected chi connectivity index (χ4v) is 4.39. The van der Waals surface area contributed by atoms with Crippen LogP contribution in [0.2, 0.25) is 0 Å². The quantitative estimate of drug-likeness (QED) is 0.353. The SMILES string of the molecule is CCNC(=NCC(C)(C)NS(C)(=O)=O)N1CCC2(CCOC2)C1.I. The molecule has 1 unspecified atom stereocenters. The summed E-state index contributed by atoms with van der Waals surface area (Å²) in [5.41, 5.74) is -0.334. The van der Waals surface area contributed by atoms with Gasteiger partial charge in [0, 0.05) is 37.2 Å². The second-order valence-corrected chi connectivity index (χ2v) is 9.15. The molecule has 2 aliphatic rings. The monoisotopic (exact) mass is 474 g/mol. The second kappa shape index (κ2) is 8.50. The first kappa shape index (κ1) is 21.9. The lowest BCUT2D eigenvalue weighted by Gasteiger charge is -2.27. The van der Waals surface area contributed by atoms with Crippen LogP contribution in [0.15, 0.2) is 4.99 Å². The Morgan fingerprint density at radius 2 is 2.08 bits per heavy atom. The Hall–Kier alpha value is -0.130. The molecule has 2 heterocycles.